The molecule has 0 aliphatic heterocycles. The Morgan fingerprint density at radius 3 is 0.935 bits per heavy atom. The number of carbonyl (C=O) groups is 3. The van der Waals surface area contributed by atoms with Gasteiger partial charge in [-0.3, -0.25) is 14.4 Å². The van der Waals surface area contributed by atoms with E-state index in [0.717, 1.165) is 83.5 Å². The summed E-state index contributed by atoms with van der Waals surface area (Å²) < 4.78 is 16.8. The highest BCUT2D eigenvalue weighted by atomic mass is 16.6. The van der Waals surface area contributed by atoms with E-state index < -0.39 is 6.10 Å². The van der Waals surface area contributed by atoms with Crippen molar-refractivity contribution >= 4 is 17.9 Å². The molecule has 0 saturated heterocycles. The molecule has 0 fully saturated rings. The molecule has 0 spiro atoms. The van der Waals surface area contributed by atoms with Gasteiger partial charge in [0.2, 0.25) is 0 Å². The van der Waals surface area contributed by atoms with E-state index in [0.29, 0.717) is 19.3 Å². The Morgan fingerprint density at radius 1 is 0.323 bits per heavy atom. The van der Waals surface area contributed by atoms with Crippen molar-refractivity contribution in [1.29, 1.82) is 0 Å². The number of carbonyl (C=O) groups excluding carboxylic acids is 3. The zero-order chi connectivity index (χ0) is 45.1. The molecule has 0 aromatic heterocycles. The number of ether oxygens (including phenoxy) is 3. The van der Waals surface area contributed by atoms with Gasteiger partial charge in [-0.2, -0.15) is 0 Å². The van der Waals surface area contributed by atoms with Gasteiger partial charge in [0.05, 0.1) is 0 Å². The molecular formula is C56H102O6. The third kappa shape index (κ3) is 48.7. The Morgan fingerprint density at radius 2 is 0.581 bits per heavy atom. The van der Waals surface area contributed by atoms with Gasteiger partial charge in [-0.05, 0) is 57.8 Å². The van der Waals surface area contributed by atoms with Crippen LogP contribution in [0.5, 0.6) is 0 Å². The van der Waals surface area contributed by atoms with E-state index in [1.165, 1.54) is 161 Å². The van der Waals surface area contributed by atoms with Crippen molar-refractivity contribution in [3.05, 3.63) is 36.5 Å². The van der Waals surface area contributed by atoms with Crippen molar-refractivity contribution in [3.8, 4) is 0 Å². The molecule has 362 valence electrons. The predicted molar refractivity (Wildman–Crippen MR) is 266 cm³/mol. The summed E-state index contributed by atoms with van der Waals surface area (Å²) in [4.78, 5) is 38.0. The minimum absolute atomic E-state index is 0.0751. The lowest BCUT2D eigenvalue weighted by molar-refractivity contribution is -0.167. The SMILES string of the molecule is CCCCC/C=C\C/C=C\C/C=C\CCCCCCC(=O)OC[C@@H](COC(=O)CCCCCCCCCCCCC)OC(=O)CCCCCCCCCCCCCCCCCC. The molecule has 6 heteroatoms. The maximum Gasteiger partial charge on any atom is 0.306 e. The smallest absolute Gasteiger partial charge is 0.306 e. The fraction of sp³-hybridized carbons (Fsp3) is 0.839. The molecule has 0 rings (SSSR count). The Balaban J connectivity index is 4.36. The molecule has 0 N–H and O–H groups in total. The summed E-state index contributed by atoms with van der Waals surface area (Å²) in [7, 11) is 0. The van der Waals surface area contributed by atoms with E-state index in [9.17, 15) is 14.4 Å². The number of unbranched alkanes of at least 4 members (excludes halogenated alkanes) is 32. The van der Waals surface area contributed by atoms with Gasteiger partial charge in [-0.1, -0.05) is 243 Å². The Labute approximate surface area is 385 Å². The molecule has 62 heavy (non-hydrogen) atoms. The van der Waals surface area contributed by atoms with E-state index in [1.54, 1.807) is 0 Å². The first-order valence-electron chi connectivity index (χ1n) is 27.0. The van der Waals surface area contributed by atoms with Crippen LogP contribution in [0.4, 0.5) is 0 Å². The van der Waals surface area contributed by atoms with E-state index >= 15 is 0 Å². The largest absolute Gasteiger partial charge is 0.462 e. The van der Waals surface area contributed by atoms with Gasteiger partial charge in [-0.25, -0.2) is 0 Å². The summed E-state index contributed by atoms with van der Waals surface area (Å²) in [6.45, 7) is 6.61. The summed E-state index contributed by atoms with van der Waals surface area (Å²) in [6.07, 6.45) is 59.8. The normalized spacial score (nSPS) is 12.2. The van der Waals surface area contributed by atoms with Gasteiger partial charge in [0.25, 0.3) is 0 Å². The van der Waals surface area contributed by atoms with Crippen LogP contribution in [0.1, 0.15) is 284 Å². The fourth-order valence-electron chi connectivity index (χ4n) is 7.80. The van der Waals surface area contributed by atoms with Gasteiger partial charge < -0.3 is 14.2 Å². The molecule has 0 unspecified atom stereocenters. The Hall–Kier alpha value is -2.37. The third-order valence-corrected chi connectivity index (χ3v) is 11.9. The van der Waals surface area contributed by atoms with Crippen molar-refractivity contribution in [2.45, 2.75) is 290 Å². The zero-order valence-electron chi connectivity index (χ0n) is 41.4. The molecule has 6 nitrogen and oxygen atoms in total. The average molecular weight is 871 g/mol. The van der Waals surface area contributed by atoms with Crippen LogP contribution in [0, 0.1) is 0 Å². The number of esters is 3. The van der Waals surface area contributed by atoms with Gasteiger partial charge in [0.15, 0.2) is 6.10 Å². The van der Waals surface area contributed by atoms with Crippen LogP contribution in [0.25, 0.3) is 0 Å². The molecule has 0 saturated carbocycles. The Kier molecular flexibility index (Phi) is 49.3. The predicted octanol–water partition coefficient (Wildman–Crippen LogP) is 17.7. The molecule has 0 aliphatic rings. The summed E-state index contributed by atoms with van der Waals surface area (Å²) in [5, 5.41) is 0. The molecular weight excluding hydrogens is 769 g/mol. The third-order valence-electron chi connectivity index (χ3n) is 11.9. The van der Waals surface area contributed by atoms with E-state index in [-0.39, 0.29) is 31.1 Å². The molecule has 0 aromatic carbocycles. The lowest BCUT2D eigenvalue weighted by Crippen LogP contribution is -2.30. The number of hydrogen-bond donors (Lipinski definition) is 0. The van der Waals surface area contributed by atoms with Gasteiger partial charge >= 0.3 is 17.9 Å². The molecule has 0 aromatic rings. The van der Waals surface area contributed by atoms with Crippen molar-refractivity contribution in [1.82, 2.24) is 0 Å². The number of rotatable bonds is 49. The van der Waals surface area contributed by atoms with Crippen LogP contribution in [0.3, 0.4) is 0 Å². The van der Waals surface area contributed by atoms with E-state index in [1.807, 2.05) is 0 Å². The second-order valence-electron chi connectivity index (χ2n) is 18.2. The van der Waals surface area contributed by atoms with Crippen LogP contribution in [-0.2, 0) is 28.6 Å². The highest BCUT2D eigenvalue weighted by Gasteiger charge is 2.19. The van der Waals surface area contributed by atoms with Gasteiger partial charge in [0.1, 0.15) is 13.2 Å². The first-order chi connectivity index (χ1) is 30.5. The number of allylic oxidation sites excluding steroid dienone is 6. The van der Waals surface area contributed by atoms with Crippen LogP contribution in [-0.4, -0.2) is 37.2 Å². The van der Waals surface area contributed by atoms with Crippen LogP contribution in [0.2, 0.25) is 0 Å². The minimum Gasteiger partial charge on any atom is -0.462 e. The standard InChI is InChI=1S/C56H102O6/c1-4-7-10-13-16-19-22-24-26-28-30-31-34-37-40-43-46-49-55(58)61-52-53(51-60-54(57)48-45-42-39-36-33-21-18-15-12-9-6-3)62-56(59)50-47-44-41-38-35-32-29-27-25-23-20-17-14-11-8-5-2/h16,19,24,26,30-31,53H,4-15,17-18,20-23,25,27-29,32-52H2,1-3H3/b19-16-,26-24-,31-30-/t53-/m1/s1. The highest BCUT2D eigenvalue weighted by molar-refractivity contribution is 5.71. The first-order valence-corrected chi connectivity index (χ1v) is 27.0. The summed E-state index contributed by atoms with van der Waals surface area (Å²) in [6, 6.07) is 0. The lowest BCUT2D eigenvalue weighted by Gasteiger charge is -2.18. The zero-order valence-corrected chi connectivity index (χ0v) is 41.4. The quantitative estimate of drug-likeness (QED) is 0.0262. The highest BCUT2D eigenvalue weighted by Crippen LogP contribution is 2.16. The van der Waals surface area contributed by atoms with Gasteiger partial charge in [-0.15, -0.1) is 0 Å². The van der Waals surface area contributed by atoms with Crippen molar-refractivity contribution in [2.24, 2.45) is 0 Å². The summed E-state index contributed by atoms with van der Waals surface area (Å²) in [5.41, 5.74) is 0. The van der Waals surface area contributed by atoms with Crippen molar-refractivity contribution in [2.75, 3.05) is 13.2 Å². The van der Waals surface area contributed by atoms with Crippen LogP contribution >= 0.6 is 0 Å². The summed E-state index contributed by atoms with van der Waals surface area (Å²) >= 11 is 0. The molecule has 0 heterocycles. The average Bonchev–Trinajstić information content (AvgIpc) is 3.27. The molecule has 0 radical (unpaired) electrons. The van der Waals surface area contributed by atoms with E-state index in [2.05, 4.69) is 57.2 Å². The van der Waals surface area contributed by atoms with Crippen molar-refractivity contribution in [3.63, 3.8) is 0 Å². The topological polar surface area (TPSA) is 78.9 Å². The van der Waals surface area contributed by atoms with Crippen molar-refractivity contribution < 1.29 is 28.6 Å². The van der Waals surface area contributed by atoms with Crippen LogP contribution < -0.4 is 0 Å². The maximum atomic E-state index is 12.8. The maximum absolute atomic E-state index is 12.8. The Bertz CT molecular complexity index is 1050. The second-order valence-corrected chi connectivity index (χ2v) is 18.2. The lowest BCUT2D eigenvalue weighted by atomic mass is 10.0. The van der Waals surface area contributed by atoms with Gasteiger partial charge in [0, 0.05) is 19.3 Å². The second kappa shape index (κ2) is 51.3. The fourth-order valence-corrected chi connectivity index (χ4v) is 7.80. The molecule has 0 aliphatic carbocycles. The number of hydrogen-bond acceptors (Lipinski definition) is 6. The first kappa shape index (κ1) is 59.6. The van der Waals surface area contributed by atoms with E-state index in [4.69, 9.17) is 14.2 Å². The monoisotopic (exact) mass is 871 g/mol. The molecule has 0 amide bonds. The van der Waals surface area contributed by atoms with Crippen LogP contribution in [0.15, 0.2) is 36.5 Å². The summed E-state index contributed by atoms with van der Waals surface area (Å²) in [5.74, 6) is -0.884. The minimum atomic E-state index is -0.776. The molecule has 1 atom stereocenters. The molecule has 0 bridgehead atoms.